The van der Waals surface area contributed by atoms with Gasteiger partial charge in [-0.2, -0.15) is 0 Å². The van der Waals surface area contributed by atoms with Crippen LogP contribution in [0.3, 0.4) is 0 Å². The lowest BCUT2D eigenvalue weighted by Gasteiger charge is -2.25. The van der Waals surface area contributed by atoms with Crippen LogP contribution in [0.15, 0.2) is 42.6 Å². The first-order chi connectivity index (χ1) is 21.1. The fourth-order valence-corrected chi connectivity index (χ4v) is 5.47. The zero-order valence-corrected chi connectivity index (χ0v) is 26.2. The number of halogens is 2. The van der Waals surface area contributed by atoms with Gasteiger partial charge in [-0.15, -0.1) is 0 Å². The summed E-state index contributed by atoms with van der Waals surface area (Å²) in [7, 11) is 3.86. The number of nitrogens with one attached hydrogen (secondary N) is 2. The van der Waals surface area contributed by atoms with Crippen molar-refractivity contribution in [1.82, 2.24) is 25.1 Å². The Morgan fingerprint density at radius 2 is 1.98 bits per heavy atom. The number of likely N-dealkylation sites (N-methyl/N-ethyl adjacent to an activating group) is 1. The van der Waals surface area contributed by atoms with Crippen LogP contribution < -0.4 is 15.4 Å². The highest BCUT2D eigenvalue weighted by Gasteiger charge is 2.35. The number of nitrogens with zero attached hydrogens (tertiary/aromatic N) is 4. The van der Waals surface area contributed by atoms with E-state index in [0.29, 0.717) is 65.5 Å². The molecule has 1 fully saturated rings. The molecule has 2 aliphatic heterocycles. The van der Waals surface area contributed by atoms with Crippen LogP contribution in [0.1, 0.15) is 54.2 Å². The minimum absolute atomic E-state index is 0.215. The van der Waals surface area contributed by atoms with E-state index in [0.717, 1.165) is 18.4 Å². The average molecular weight is 625 g/mol. The lowest BCUT2D eigenvalue weighted by atomic mass is 10.0. The molecule has 0 radical (unpaired) electrons. The monoisotopic (exact) mass is 624 g/mol. The first kappa shape index (κ1) is 31.6. The van der Waals surface area contributed by atoms with Gasteiger partial charge in [-0.05, 0) is 70.1 Å². The van der Waals surface area contributed by atoms with E-state index in [1.807, 2.05) is 31.1 Å². The lowest BCUT2D eigenvalue weighted by Crippen LogP contribution is -2.45. The molecule has 0 aliphatic carbocycles. The maximum atomic E-state index is 14.3. The number of carbonyl (C=O) groups is 2. The molecule has 3 aromatic rings. The van der Waals surface area contributed by atoms with Crippen molar-refractivity contribution >= 4 is 29.4 Å². The zero-order chi connectivity index (χ0) is 31.4. The van der Waals surface area contributed by atoms with Crippen molar-refractivity contribution in [3.05, 3.63) is 70.1 Å². The van der Waals surface area contributed by atoms with E-state index in [2.05, 4.69) is 20.6 Å². The predicted molar refractivity (Wildman–Crippen MR) is 166 cm³/mol. The van der Waals surface area contributed by atoms with Gasteiger partial charge in [-0.3, -0.25) is 9.59 Å². The molecule has 2 aromatic carbocycles. The molecule has 234 valence electrons. The van der Waals surface area contributed by atoms with Gasteiger partial charge in [0.15, 0.2) is 0 Å². The molecule has 12 heteroatoms. The lowest BCUT2D eigenvalue weighted by molar-refractivity contribution is -0.125. The van der Waals surface area contributed by atoms with E-state index >= 15 is 0 Å². The first-order valence-electron chi connectivity index (χ1n) is 14.8. The number of hydrogen-bond donors (Lipinski definition) is 2. The number of rotatable bonds is 11. The van der Waals surface area contributed by atoms with Crippen LogP contribution in [0, 0.1) is 5.82 Å². The van der Waals surface area contributed by atoms with Crippen LogP contribution in [0.4, 0.5) is 10.3 Å². The Labute approximate surface area is 261 Å². The Kier molecular flexibility index (Phi) is 9.97. The Balaban J connectivity index is 1.25. The third-order valence-corrected chi connectivity index (χ3v) is 8.20. The standard InChI is InChI=1S/C32H38ClFN6O4/c1-19(23-13-24(34)16-26(14-23)44-12-9-39(3)4)36-30(41)20(2)40-18-22-6-5-21(15-27(22)31(40)42)29-28(33)17-35-32(38-29)37-25-7-10-43-11-8-25/h5-6,13-17,19-20,25H,7-12,18H2,1-4H3,(H,36,41)(H,35,37,38). The van der Waals surface area contributed by atoms with Crippen LogP contribution in [0.25, 0.3) is 11.3 Å². The summed E-state index contributed by atoms with van der Waals surface area (Å²) < 4.78 is 25.5. The molecule has 0 bridgehead atoms. The van der Waals surface area contributed by atoms with Gasteiger partial charge in [0, 0.05) is 49.5 Å². The molecule has 2 atom stereocenters. The van der Waals surface area contributed by atoms with Gasteiger partial charge in [-0.25, -0.2) is 14.4 Å². The summed E-state index contributed by atoms with van der Waals surface area (Å²) in [5, 5.41) is 6.64. The second kappa shape index (κ2) is 13.9. The Morgan fingerprint density at radius 1 is 1.20 bits per heavy atom. The fourth-order valence-electron chi connectivity index (χ4n) is 5.27. The second-order valence-electron chi connectivity index (χ2n) is 11.5. The van der Waals surface area contributed by atoms with E-state index in [-0.39, 0.29) is 24.4 Å². The van der Waals surface area contributed by atoms with E-state index in [1.165, 1.54) is 17.0 Å². The summed E-state index contributed by atoms with van der Waals surface area (Å²) in [5.41, 5.74) is 3.07. The van der Waals surface area contributed by atoms with Gasteiger partial charge in [0.2, 0.25) is 11.9 Å². The fraction of sp³-hybridized carbons (Fsp3) is 0.438. The topological polar surface area (TPSA) is 109 Å². The summed E-state index contributed by atoms with van der Waals surface area (Å²) >= 11 is 6.48. The number of benzene rings is 2. The molecule has 0 saturated carbocycles. The van der Waals surface area contributed by atoms with Crippen molar-refractivity contribution in [2.24, 2.45) is 0 Å². The Morgan fingerprint density at radius 3 is 2.73 bits per heavy atom. The largest absolute Gasteiger partial charge is 0.492 e. The Bertz CT molecular complexity index is 1520. The molecule has 5 rings (SSSR count). The minimum Gasteiger partial charge on any atom is -0.492 e. The summed E-state index contributed by atoms with van der Waals surface area (Å²) in [6.45, 7) is 6.21. The number of carbonyl (C=O) groups excluding carboxylic acids is 2. The highest BCUT2D eigenvalue weighted by atomic mass is 35.5. The number of ether oxygens (including phenoxy) is 2. The van der Waals surface area contributed by atoms with Crippen molar-refractivity contribution < 1.29 is 23.5 Å². The van der Waals surface area contributed by atoms with Crippen LogP contribution >= 0.6 is 11.6 Å². The summed E-state index contributed by atoms with van der Waals surface area (Å²) in [6.07, 6.45) is 3.28. The van der Waals surface area contributed by atoms with E-state index in [4.69, 9.17) is 21.1 Å². The molecule has 2 aliphatic rings. The second-order valence-corrected chi connectivity index (χ2v) is 11.9. The number of hydrogen-bond acceptors (Lipinski definition) is 8. The van der Waals surface area contributed by atoms with Crippen molar-refractivity contribution in [1.29, 1.82) is 0 Å². The Hall–Kier alpha value is -3.80. The molecule has 10 nitrogen and oxygen atoms in total. The first-order valence-corrected chi connectivity index (χ1v) is 15.2. The van der Waals surface area contributed by atoms with Gasteiger partial charge in [0.1, 0.15) is 24.2 Å². The third-order valence-electron chi connectivity index (χ3n) is 7.92. The molecular weight excluding hydrogens is 587 g/mol. The number of fused-ring (bicyclic) bond motifs is 1. The highest BCUT2D eigenvalue weighted by Crippen LogP contribution is 2.33. The molecule has 3 heterocycles. The summed E-state index contributed by atoms with van der Waals surface area (Å²) in [5.74, 6) is -0.194. The maximum Gasteiger partial charge on any atom is 0.255 e. The molecule has 2 amide bonds. The normalized spacial score (nSPS) is 16.5. The minimum atomic E-state index is -0.761. The molecule has 2 N–H and O–H groups in total. The van der Waals surface area contributed by atoms with Crippen LogP contribution in [-0.2, 0) is 16.1 Å². The highest BCUT2D eigenvalue weighted by molar-refractivity contribution is 6.33. The van der Waals surface area contributed by atoms with Crippen LogP contribution in [-0.4, -0.2) is 84.1 Å². The molecule has 44 heavy (non-hydrogen) atoms. The maximum absolute atomic E-state index is 14.3. The quantitative estimate of drug-likeness (QED) is 0.316. The van der Waals surface area contributed by atoms with Crippen molar-refractivity contribution in [3.63, 3.8) is 0 Å². The van der Waals surface area contributed by atoms with E-state index in [1.54, 1.807) is 32.2 Å². The number of anilines is 1. The van der Waals surface area contributed by atoms with E-state index in [9.17, 15) is 14.0 Å². The van der Waals surface area contributed by atoms with Crippen LogP contribution in [0.2, 0.25) is 5.02 Å². The smallest absolute Gasteiger partial charge is 0.255 e. The van der Waals surface area contributed by atoms with Crippen LogP contribution in [0.5, 0.6) is 5.75 Å². The van der Waals surface area contributed by atoms with Gasteiger partial charge >= 0.3 is 0 Å². The van der Waals surface area contributed by atoms with Crippen molar-refractivity contribution in [3.8, 4) is 17.0 Å². The zero-order valence-electron chi connectivity index (χ0n) is 25.4. The number of aromatic nitrogens is 2. The van der Waals surface area contributed by atoms with Gasteiger partial charge in [-0.1, -0.05) is 23.7 Å². The molecule has 1 aromatic heterocycles. The summed E-state index contributed by atoms with van der Waals surface area (Å²) in [6, 6.07) is 8.86. The molecule has 1 saturated heterocycles. The average Bonchev–Trinajstić information content (AvgIpc) is 3.33. The summed E-state index contributed by atoms with van der Waals surface area (Å²) in [4.78, 5) is 39.3. The molecule has 0 spiro atoms. The molecule has 2 unspecified atom stereocenters. The third kappa shape index (κ3) is 7.46. The van der Waals surface area contributed by atoms with E-state index < -0.39 is 17.9 Å². The predicted octanol–water partition coefficient (Wildman–Crippen LogP) is 4.69. The van der Waals surface area contributed by atoms with Gasteiger partial charge < -0.3 is 29.9 Å². The van der Waals surface area contributed by atoms with Gasteiger partial charge in [0.25, 0.3) is 5.91 Å². The SMILES string of the molecule is CC(NC(=O)C(C)N1Cc2ccc(-c3nc(NC4CCOCC4)ncc3Cl)cc2C1=O)c1cc(F)cc(OCCN(C)C)c1. The molecular formula is C32H38ClFN6O4. The van der Waals surface area contributed by atoms with Crippen molar-refractivity contribution in [2.45, 2.75) is 51.4 Å². The number of amides is 2. The van der Waals surface area contributed by atoms with Crippen molar-refractivity contribution in [2.75, 3.05) is 45.8 Å². The van der Waals surface area contributed by atoms with Gasteiger partial charge in [0.05, 0.1) is 23.0 Å².